The zero-order valence-electron chi connectivity index (χ0n) is 20.0. The molecule has 0 unspecified atom stereocenters. The highest BCUT2D eigenvalue weighted by Gasteiger charge is 2.30. The summed E-state index contributed by atoms with van der Waals surface area (Å²) in [7, 11) is 0. The van der Waals surface area contributed by atoms with E-state index in [0.717, 1.165) is 23.1 Å². The number of carbonyl (C=O) groups is 2. The molecule has 3 rings (SSSR count). The fourth-order valence-electron chi connectivity index (χ4n) is 3.86. The lowest BCUT2D eigenvalue weighted by molar-refractivity contribution is -0.141. The van der Waals surface area contributed by atoms with Gasteiger partial charge in [0.25, 0.3) is 0 Å². The number of benzene rings is 3. The van der Waals surface area contributed by atoms with E-state index >= 15 is 0 Å². The standard InChI is InChI=1S/C29H33FN2O2/c1-3-19-31-29(34)27(20-24-7-5-4-6-8-24)32(21-25-13-16-26(30)17-14-25)28(33)18-15-23-11-9-22(2)10-12-23/h4-14,16-17,27H,3,15,18-21H2,1-2H3,(H,31,34)/t27-/m1/s1. The Morgan fingerprint density at radius 1 is 0.882 bits per heavy atom. The van der Waals surface area contributed by atoms with Crippen LogP contribution < -0.4 is 5.32 Å². The van der Waals surface area contributed by atoms with Crippen molar-refractivity contribution in [2.75, 3.05) is 6.54 Å². The zero-order chi connectivity index (χ0) is 24.3. The lowest BCUT2D eigenvalue weighted by atomic mass is 10.0. The van der Waals surface area contributed by atoms with E-state index in [-0.39, 0.29) is 30.6 Å². The third-order valence-electron chi connectivity index (χ3n) is 5.83. The summed E-state index contributed by atoms with van der Waals surface area (Å²) in [5.74, 6) is -0.600. The molecular formula is C29H33FN2O2. The van der Waals surface area contributed by atoms with Crippen LogP contribution in [0.1, 0.15) is 42.0 Å². The van der Waals surface area contributed by atoms with Gasteiger partial charge in [0.2, 0.25) is 11.8 Å². The number of nitrogens with one attached hydrogen (secondary N) is 1. The molecule has 178 valence electrons. The lowest BCUT2D eigenvalue weighted by Gasteiger charge is -2.31. The lowest BCUT2D eigenvalue weighted by Crippen LogP contribution is -2.50. The molecular weight excluding hydrogens is 427 g/mol. The summed E-state index contributed by atoms with van der Waals surface area (Å²) in [4.78, 5) is 28.4. The van der Waals surface area contributed by atoms with Crippen molar-refractivity contribution in [1.82, 2.24) is 10.2 Å². The molecule has 0 radical (unpaired) electrons. The van der Waals surface area contributed by atoms with Gasteiger partial charge >= 0.3 is 0 Å². The maximum absolute atomic E-state index is 13.5. The molecule has 0 saturated carbocycles. The molecule has 0 aromatic heterocycles. The van der Waals surface area contributed by atoms with Gasteiger partial charge in [-0.05, 0) is 48.6 Å². The minimum absolute atomic E-state index is 0.0996. The summed E-state index contributed by atoms with van der Waals surface area (Å²) in [5, 5.41) is 2.97. The molecule has 1 atom stereocenters. The average molecular weight is 461 g/mol. The maximum Gasteiger partial charge on any atom is 0.243 e. The number of carbonyl (C=O) groups excluding carboxylic acids is 2. The highest BCUT2D eigenvalue weighted by atomic mass is 19.1. The van der Waals surface area contributed by atoms with Crippen LogP contribution in [0.4, 0.5) is 4.39 Å². The molecule has 3 aromatic carbocycles. The number of hydrogen-bond acceptors (Lipinski definition) is 2. The molecule has 0 saturated heterocycles. The van der Waals surface area contributed by atoms with Crippen molar-refractivity contribution >= 4 is 11.8 Å². The highest BCUT2D eigenvalue weighted by molar-refractivity contribution is 5.88. The Bertz CT molecular complexity index is 1050. The van der Waals surface area contributed by atoms with Gasteiger partial charge in [-0.25, -0.2) is 4.39 Å². The van der Waals surface area contributed by atoms with Crippen LogP contribution in [0.25, 0.3) is 0 Å². The Balaban J connectivity index is 1.87. The summed E-state index contributed by atoms with van der Waals surface area (Å²) in [5.41, 5.74) is 4.01. The smallest absolute Gasteiger partial charge is 0.243 e. The summed E-state index contributed by atoms with van der Waals surface area (Å²) in [6.45, 7) is 4.81. The number of rotatable bonds is 11. The topological polar surface area (TPSA) is 49.4 Å². The van der Waals surface area contributed by atoms with Crippen LogP contribution in [-0.2, 0) is 29.0 Å². The van der Waals surface area contributed by atoms with E-state index < -0.39 is 6.04 Å². The van der Waals surface area contributed by atoms with Crippen LogP contribution in [0.15, 0.2) is 78.9 Å². The van der Waals surface area contributed by atoms with Crippen LogP contribution in [0.3, 0.4) is 0 Å². The van der Waals surface area contributed by atoms with Crippen LogP contribution >= 0.6 is 0 Å². The Kier molecular flexibility index (Phi) is 9.39. The molecule has 4 nitrogen and oxygen atoms in total. The fraction of sp³-hybridized carbons (Fsp3) is 0.310. The molecule has 0 aliphatic rings. The van der Waals surface area contributed by atoms with E-state index in [0.29, 0.717) is 19.4 Å². The molecule has 0 bridgehead atoms. The van der Waals surface area contributed by atoms with E-state index in [9.17, 15) is 14.0 Å². The second-order valence-electron chi connectivity index (χ2n) is 8.63. The van der Waals surface area contributed by atoms with Gasteiger partial charge in [0.15, 0.2) is 0 Å². The predicted octanol–water partition coefficient (Wildman–Crippen LogP) is 5.23. The molecule has 0 spiro atoms. The summed E-state index contributed by atoms with van der Waals surface area (Å²) < 4.78 is 13.5. The number of amides is 2. The summed E-state index contributed by atoms with van der Waals surface area (Å²) in [6, 6.07) is 23.3. The second-order valence-corrected chi connectivity index (χ2v) is 8.63. The summed E-state index contributed by atoms with van der Waals surface area (Å²) in [6.07, 6.45) is 2.10. The van der Waals surface area contributed by atoms with Crippen LogP contribution in [0.2, 0.25) is 0 Å². The number of hydrogen-bond donors (Lipinski definition) is 1. The van der Waals surface area contributed by atoms with Gasteiger partial charge in [-0.1, -0.05) is 79.2 Å². The van der Waals surface area contributed by atoms with E-state index in [4.69, 9.17) is 0 Å². The van der Waals surface area contributed by atoms with Crippen molar-refractivity contribution in [2.24, 2.45) is 0 Å². The SMILES string of the molecule is CCCNC(=O)[C@@H](Cc1ccccc1)N(Cc1ccc(F)cc1)C(=O)CCc1ccc(C)cc1. The van der Waals surface area contributed by atoms with Crippen molar-refractivity contribution in [1.29, 1.82) is 0 Å². The number of nitrogens with zero attached hydrogens (tertiary/aromatic N) is 1. The van der Waals surface area contributed by atoms with Crippen molar-refractivity contribution in [2.45, 2.75) is 52.1 Å². The van der Waals surface area contributed by atoms with Crippen molar-refractivity contribution < 1.29 is 14.0 Å². The fourth-order valence-corrected chi connectivity index (χ4v) is 3.86. The van der Waals surface area contributed by atoms with Crippen LogP contribution in [-0.4, -0.2) is 29.3 Å². The van der Waals surface area contributed by atoms with E-state index in [2.05, 4.69) is 5.32 Å². The van der Waals surface area contributed by atoms with Crippen LogP contribution in [0, 0.1) is 12.7 Å². The monoisotopic (exact) mass is 460 g/mol. The molecule has 0 aliphatic heterocycles. The molecule has 34 heavy (non-hydrogen) atoms. The molecule has 3 aromatic rings. The van der Waals surface area contributed by atoms with Gasteiger partial charge in [-0.15, -0.1) is 0 Å². The van der Waals surface area contributed by atoms with Crippen molar-refractivity contribution in [3.05, 3.63) is 107 Å². The van der Waals surface area contributed by atoms with Crippen molar-refractivity contribution in [3.8, 4) is 0 Å². The van der Waals surface area contributed by atoms with Gasteiger partial charge in [-0.3, -0.25) is 9.59 Å². The minimum Gasteiger partial charge on any atom is -0.354 e. The van der Waals surface area contributed by atoms with Crippen LogP contribution in [0.5, 0.6) is 0 Å². The molecule has 0 aliphatic carbocycles. The van der Waals surface area contributed by atoms with E-state index in [1.54, 1.807) is 17.0 Å². The van der Waals surface area contributed by atoms with E-state index in [1.807, 2.05) is 68.4 Å². The number of halogens is 1. The Morgan fingerprint density at radius 3 is 2.18 bits per heavy atom. The van der Waals surface area contributed by atoms with Gasteiger partial charge in [0.05, 0.1) is 0 Å². The maximum atomic E-state index is 13.5. The Hall–Kier alpha value is -3.47. The molecule has 0 fully saturated rings. The summed E-state index contributed by atoms with van der Waals surface area (Å²) >= 11 is 0. The molecule has 2 amide bonds. The second kappa shape index (κ2) is 12.7. The first-order valence-corrected chi connectivity index (χ1v) is 11.9. The normalized spacial score (nSPS) is 11.6. The van der Waals surface area contributed by atoms with Crippen molar-refractivity contribution in [3.63, 3.8) is 0 Å². The van der Waals surface area contributed by atoms with Gasteiger partial charge in [0, 0.05) is 25.9 Å². The predicted molar refractivity (Wildman–Crippen MR) is 134 cm³/mol. The Labute approximate surface area is 201 Å². The minimum atomic E-state index is -0.662. The molecule has 5 heteroatoms. The first-order chi connectivity index (χ1) is 16.5. The molecule has 1 N–H and O–H groups in total. The largest absolute Gasteiger partial charge is 0.354 e. The third-order valence-corrected chi connectivity index (χ3v) is 5.83. The third kappa shape index (κ3) is 7.55. The molecule has 0 heterocycles. The zero-order valence-corrected chi connectivity index (χ0v) is 20.0. The van der Waals surface area contributed by atoms with Gasteiger partial charge in [0.1, 0.15) is 11.9 Å². The first-order valence-electron chi connectivity index (χ1n) is 11.9. The Morgan fingerprint density at radius 2 is 1.53 bits per heavy atom. The van der Waals surface area contributed by atoms with Gasteiger partial charge in [-0.2, -0.15) is 0 Å². The number of aryl methyl sites for hydroxylation is 2. The van der Waals surface area contributed by atoms with Gasteiger partial charge < -0.3 is 10.2 Å². The average Bonchev–Trinajstić information content (AvgIpc) is 2.86. The van der Waals surface area contributed by atoms with E-state index in [1.165, 1.54) is 17.7 Å². The quantitative estimate of drug-likeness (QED) is 0.426. The highest BCUT2D eigenvalue weighted by Crippen LogP contribution is 2.17. The first kappa shape index (κ1) is 25.2.